The maximum Gasteiger partial charge on any atom is 0.0949 e. The summed E-state index contributed by atoms with van der Waals surface area (Å²) in [5.41, 5.74) is 4.60. The van der Waals surface area contributed by atoms with E-state index in [0.717, 1.165) is 16.1 Å². The second kappa shape index (κ2) is 4.64. The average Bonchev–Trinajstić information content (AvgIpc) is 2.75. The molecule has 2 rings (SSSR count). The summed E-state index contributed by atoms with van der Waals surface area (Å²) >= 11 is 9.89. The van der Waals surface area contributed by atoms with Crippen molar-refractivity contribution in [3.05, 3.63) is 58.0 Å². The van der Waals surface area contributed by atoms with Gasteiger partial charge in [-0.05, 0) is 42.7 Å². The summed E-state index contributed by atoms with van der Waals surface area (Å²) in [4.78, 5) is 0.0815. The summed E-state index contributed by atoms with van der Waals surface area (Å²) in [7, 11) is 0. The Hall–Kier alpha value is -0.730. The standard InChI is InChI=1S/C13H12BrClO/c1-8-5-11(12(15)6-9(8)2)13(14)10-3-4-16-7-10/h3-7,13H,1-2H3. The van der Waals surface area contributed by atoms with Crippen LogP contribution in [0.15, 0.2) is 35.1 Å². The summed E-state index contributed by atoms with van der Waals surface area (Å²) in [6.07, 6.45) is 3.39. The van der Waals surface area contributed by atoms with Crippen LogP contribution < -0.4 is 0 Å². The summed E-state index contributed by atoms with van der Waals surface area (Å²) in [6.45, 7) is 4.15. The third kappa shape index (κ3) is 2.18. The minimum Gasteiger partial charge on any atom is -0.472 e. The van der Waals surface area contributed by atoms with Crippen molar-refractivity contribution < 1.29 is 4.42 Å². The molecule has 84 valence electrons. The number of alkyl halides is 1. The van der Waals surface area contributed by atoms with E-state index in [-0.39, 0.29) is 4.83 Å². The zero-order chi connectivity index (χ0) is 11.7. The lowest BCUT2D eigenvalue weighted by atomic mass is 10.0. The van der Waals surface area contributed by atoms with Crippen LogP contribution in [0.4, 0.5) is 0 Å². The molecule has 1 aromatic heterocycles. The number of rotatable bonds is 2. The van der Waals surface area contributed by atoms with Crippen LogP contribution in [0.1, 0.15) is 27.1 Å². The van der Waals surface area contributed by atoms with Gasteiger partial charge in [-0.1, -0.05) is 33.6 Å². The molecule has 1 nitrogen and oxygen atoms in total. The molecule has 1 heterocycles. The molecule has 1 atom stereocenters. The van der Waals surface area contributed by atoms with Crippen LogP contribution in [-0.2, 0) is 0 Å². The van der Waals surface area contributed by atoms with Crippen molar-refractivity contribution in [2.75, 3.05) is 0 Å². The van der Waals surface area contributed by atoms with Crippen molar-refractivity contribution >= 4 is 27.5 Å². The molecular weight excluding hydrogens is 287 g/mol. The first-order valence-electron chi connectivity index (χ1n) is 5.02. The average molecular weight is 300 g/mol. The molecule has 0 fully saturated rings. The SMILES string of the molecule is Cc1cc(Cl)c(C(Br)c2ccoc2)cc1C. The molecule has 3 heteroatoms. The fourth-order valence-corrected chi connectivity index (χ4v) is 2.69. The number of benzene rings is 1. The van der Waals surface area contributed by atoms with Gasteiger partial charge in [0.25, 0.3) is 0 Å². The number of aryl methyl sites for hydroxylation is 2. The van der Waals surface area contributed by atoms with Crippen LogP contribution in [-0.4, -0.2) is 0 Å². The molecule has 0 spiro atoms. The highest BCUT2D eigenvalue weighted by molar-refractivity contribution is 9.09. The topological polar surface area (TPSA) is 13.1 Å². The van der Waals surface area contributed by atoms with Crippen LogP contribution in [0.5, 0.6) is 0 Å². The highest BCUT2D eigenvalue weighted by atomic mass is 79.9. The molecular formula is C13H12BrClO. The highest BCUT2D eigenvalue weighted by Gasteiger charge is 2.15. The van der Waals surface area contributed by atoms with Gasteiger partial charge in [0.1, 0.15) is 0 Å². The first-order chi connectivity index (χ1) is 7.59. The molecule has 2 aromatic rings. The fraction of sp³-hybridized carbons (Fsp3) is 0.231. The van der Waals surface area contributed by atoms with Crippen LogP contribution in [0.25, 0.3) is 0 Å². The fourth-order valence-electron chi connectivity index (χ4n) is 1.60. The summed E-state index contributed by atoms with van der Waals surface area (Å²) in [6, 6.07) is 6.05. The Morgan fingerprint density at radius 2 is 1.94 bits per heavy atom. The van der Waals surface area contributed by atoms with Gasteiger partial charge in [-0.25, -0.2) is 0 Å². The first kappa shape index (κ1) is 11.7. The molecule has 0 saturated carbocycles. The summed E-state index contributed by atoms with van der Waals surface area (Å²) < 4.78 is 5.08. The van der Waals surface area contributed by atoms with Gasteiger partial charge in [0.2, 0.25) is 0 Å². The zero-order valence-corrected chi connectivity index (χ0v) is 11.5. The molecule has 0 N–H and O–H groups in total. The summed E-state index contributed by atoms with van der Waals surface area (Å²) in [5, 5.41) is 0.783. The monoisotopic (exact) mass is 298 g/mol. The third-order valence-electron chi connectivity index (χ3n) is 2.72. The molecule has 1 aromatic carbocycles. The second-order valence-corrected chi connectivity index (χ2v) is 5.20. The van der Waals surface area contributed by atoms with Crippen LogP contribution in [0.3, 0.4) is 0 Å². The predicted molar refractivity (Wildman–Crippen MR) is 70.4 cm³/mol. The van der Waals surface area contributed by atoms with E-state index in [1.165, 1.54) is 11.1 Å². The van der Waals surface area contributed by atoms with E-state index in [1.807, 2.05) is 12.1 Å². The van der Waals surface area contributed by atoms with Gasteiger partial charge >= 0.3 is 0 Å². The molecule has 0 radical (unpaired) electrons. The van der Waals surface area contributed by atoms with Crippen molar-refractivity contribution in [1.82, 2.24) is 0 Å². The predicted octanol–water partition coefficient (Wildman–Crippen LogP) is 5.03. The van der Waals surface area contributed by atoms with Crippen molar-refractivity contribution in [2.24, 2.45) is 0 Å². The van der Waals surface area contributed by atoms with E-state index in [2.05, 4.69) is 35.8 Å². The maximum absolute atomic E-state index is 6.25. The molecule has 0 amide bonds. The van der Waals surface area contributed by atoms with E-state index in [1.54, 1.807) is 12.5 Å². The van der Waals surface area contributed by atoms with Crippen LogP contribution >= 0.6 is 27.5 Å². The number of halogens is 2. The Morgan fingerprint density at radius 3 is 2.56 bits per heavy atom. The van der Waals surface area contributed by atoms with Gasteiger partial charge in [-0.2, -0.15) is 0 Å². The van der Waals surface area contributed by atoms with Crippen molar-refractivity contribution in [3.63, 3.8) is 0 Å². The van der Waals surface area contributed by atoms with E-state index >= 15 is 0 Å². The Kier molecular flexibility index (Phi) is 3.41. The van der Waals surface area contributed by atoms with E-state index in [0.29, 0.717) is 0 Å². The largest absolute Gasteiger partial charge is 0.472 e. The smallest absolute Gasteiger partial charge is 0.0949 e. The van der Waals surface area contributed by atoms with Gasteiger partial charge < -0.3 is 4.42 Å². The van der Waals surface area contributed by atoms with E-state index in [4.69, 9.17) is 16.0 Å². The first-order valence-corrected chi connectivity index (χ1v) is 6.31. The Bertz CT molecular complexity index is 491. The van der Waals surface area contributed by atoms with E-state index < -0.39 is 0 Å². The maximum atomic E-state index is 6.25. The van der Waals surface area contributed by atoms with Crippen molar-refractivity contribution in [1.29, 1.82) is 0 Å². The zero-order valence-electron chi connectivity index (χ0n) is 9.13. The van der Waals surface area contributed by atoms with Crippen LogP contribution in [0, 0.1) is 13.8 Å². The number of hydrogen-bond acceptors (Lipinski definition) is 1. The second-order valence-electron chi connectivity index (χ2n) is 3.88. The molecule has 0 saturated heterocycles. The van der Waals surface area contributed by atoms with E-state index in [9.17, 15) is 0 Å². The van der Waals surface area contributed by atoms with Gasteiger partial charge in [-0.3, -0.25) is 0 Å². The van der Waals surface area contributed by atoms with Crippen LogP contribution in [0.2, 0.25) is 5.02 Å². The minimum atomic E-state index is 0.0815. The van der Waals surface area contributed by atoms with Gasteiger partial charge in [0, 0.05) is 10.6 Å². The van der Waals surface area contributed by atoms with Gasteiger partial charge in [-0.15, -0.1) is 0 Å². The molecule has 0 aliphatic heterocycles. The number of furan rings is 1. The summed E-state index contributed by atoms with van der Waals surface area (Å²) in [5.74, 6) is 0. The lowest BCUT2D eigenvalue weighted by Gasteiger charge is -2.12. The number of hydrogen-bond donors (Lipinski definition) is 0. The third-order valence-corrected chi connectivity index (χ3v) is 4.07. The van der Waals surface area contributed by atoms with Gasteiger partial charge in [0.05, 0.1) is 17.4 Å². The van der Waals surface area contributed by atoms with Gasteiger partial charge in [0.15, 0.2) is 0 Å². The minimum absolute atomic E-state index is 0.0815. The Labute approximate surface area is 109 Å². The lowest BCUT2D eigenvalue weighted by Crippen LogP contribution is -1.94. The molecule has 0 bridgehead atoms. The Morgan fingerprint density at radius 1 is 1.25 bits per heavy atom. The molecule has 0 aliphatic rings. The molecule has 0 aliphatic carbocycles. The normalized spacial score (nSPS) is 12.8. The lowest BCUT2D eigenvalue weighted by molar-refractivity contribution is 0.564. The Balaban J connectivity index is 2.44. The molecule has 1 unspecified atom stereocenters. The van der Waals surface area contributed by atoms with Crippen molar-refractivity contribution in [3.8, 4) is 0 Å². The molecule has 16 heavy (non-hydrogen) atoms. The quantitative estimate of drug-likeness (QED) is 0.709. The van der Waals surface area contributed by atoms with Crippen molar-refractivity contribution in [2.45, 2.75) is 18.7 Å². The highest BCUT2D eigenvalue weighted by Crippen LogP contribution is 2.36.